The first-order valence-electron chi connectivity index (χ1n) is 27.1. The number of aromatic hydroxyl groups is 2. The summed E-state index contributed by atoms with van der Waals surface area (Å²) in [6.45, 7) is 0. The molecule has 420 valence electrons. The van der Waals surface area contributed by atoms with Gasteiger partial charge >= 0.3 is 11.9 Å². The maximum atomic E-state index is 12.8. The number of benzene rings is 12. The van der Waals surface area contributed by atoms with Crippen LogP contribution in [0.2, 0.25) is 0 Å². The Kier molecular flexibility index (Phi) is 12.3. The average molecular weight is 1140 g/mol. The minimum Gasteiger partial charge on any atom is -0.872 e. The summed E-state index contributed by atoms with van der Waals surface area (Å²) in [7, 11) is 0. The number of hydrogen-bond donors (Lipinski definition) is 3. The van der Waals surface area contributed by atoms with Crippen molar-refractivity contribution in [2.75, 3.05) is 0 Å². The summed E-state index contributed by atoms with van der Waals surface area (Å²) in [6.07, 6.45) is 0. The zero-order chi connectivity index (χ0) is 60.0. The van der Waals surface area contributed by atoms with E-state index >= 15 is 0 Å². The Bertz CT molecular complexity index is 5220. The summed E-state index contributed by atoms with van der Waals surface area (Å²) in [4.78, 5) is 59.9. The molecule has 14 aromatic rings. The highest BCUT2D eigenvalue weighted by Crippen LogP contribution is 2.58. The molecule has 0 saturated heterocycles. The third-order valence-electron chi connectivity index (χ3n) is 15.8. The summed E-state index contributed by atoms with van der Waals surface area (Å²) < 4.78 is 24.5. The molecule has 15 nitrogen and oxygen atoms in total. The van der Waals surface area contributed by atoms with Gasteiger partial charge in [-0.25, -0.2) is 9.59 Å². The third-order valence-corrected chi connectivity index (χ3v) is 15.8. The Morgan fingerprint density at radius 1 is 0.425 bits per heavy atom. The van der Waals surface area contributed by atoms with Gasteiger partial charge in [0, 0.05) is 77.2 Å². The van der Waals surface area contributed by atoms with Crippen LogP contribution in [-0.4, -0.2) is 33.2 Å². The van der Waals surface area contributed by atoms with E-state index in [1.807, 2.05) is 36.4 Å². The van der Waals surface area contributed by atoms with Crippen LogP contribution in [0.3, 0.4) is 0 Å². The molecule has 2 aliphatic rings. The van der Waals surface area contributed by atoms with Crippen molar-refractivity contribution in [3.63, 3.8) is 0 Å². The molecule has 15 heteroatoms. The van der Waals surface area contributed by atoms with Crippen LogP contribution < -0.4 is 30.9 Å². The lowest BCUT2D eigenvalue weighted by atomic mass is 9.77. The molecule has 4 heterocycles. The molecule has 1 spiro atoms. The van der Waals surface area contributed by atoms with E-state index in [1.165, 1.54) is 60.7 Å². The molecule has 1 atom stereocenters. The van der Waals surface area contributed by atoms with E-state index in [1.54, 1.807) is 121 Å². The van der Waals surface area contributed by atoms with Crippen molar-refractivity contribution in [3.05, 3.63) is 272 Å². The van der Waals surface area contributed by atoms with Crippen LogP contribution in [0.15, 0.2) is 237 Å². The fourth-order valence-electron chi connectivity index (χ4n) is 12.1. The van der Waals surface area contributed by atoms with Crippen molar-refractivity contribution in [2.45, 2.75) is 5.60 Å². The summed E-state index contributed by atoms with van der Waals surface area (Å²) in [5.74, 6) is -2.01. The monoisotopic (exact) mass is 1140 g/mol. The largest absolute Gasteiger partial charge is 0.872 e. The fraction of sp³-hybridized carbons (Fsp3) is 0.0139. The van der Waals surface area contributed by atoms with Crippen molar-refractivity contribution in [1.29, 1.82) is 0 Å². The van der Waals surface area contributed by atoms with Gasteiger partial charge in [-0.3, -0.25) is 9.59 Å². The molecule has 0 bridgehead atoms. The maximum Gasteiger partial charge on any atom is 0.340 e. The molecular formula is C72H39O15-3. The number of aromatic carboxylic acids is 2. The van der Waals surface area contributed by atoms with Gasteiger partial charge in [0.2, 0.25) is 0 Å². The van der Waals surface area contributed by atoms with Crippen molar-refractivity contribution in [2.24, 2.45) is 0 Å². The number of carbonyl (C=O) groups is 3. The first kappa shape index (κ1) is 52.8. The second kappa shape index (κ2) is 20.3. The third kappa shape index (κ3) is 8.72. The van der Waals surface area contributed by atoms with E-state index in [9.17, 15) is 54.6 Å². The molecule has 0 fully saturated rings. The van der Waals surface area contributed by atoms with Crippen LogP contribution in [0.4, 0.5) is 0 Å². The van der Waals surface area contributed by atoms with Crippen molar-refractivity contribution in [3.8, 4) is 56.8 Å². The lowest BCUT2D eigenvalue weighted by molar-refractivity contribution is -0.268. The molecule has 0 amide bonds. The molecule has 1 unspecified atom stereocenters. The fourth-order valence-corrected chi connectivity index (χ4v) is 12.1. The van der Waals surface area contributed by atoms with E-state index in [-0.39, 0.29) is 45.0 Å². The van der Waals surface area contributed by atoms with Crippen LogP contribution in [0.25, 0.3) is 98.4 Å². The lowest BCUT2D eigenvalue weighted by Gasteiger charge is -2.37. The van der Waals surface area contributed by atoms with Gasteiger partial charge in [0.15, 0.2) is 16.5 Å². The standard InChI is InChI=1S/3C24H14O5/c25-14-6-8-16-13(11-14)5-9-20-22(16)28-21-12-15(26)7-10-19(21)24(20)18-4-2-1-3-17(18)23(27)29-24;2*25-14-6-9-16-13(11-14)5-8-20-22(17-3-1-2-4-18(17)24(27)28)19-10-7-15(26)12-21(19)29-23(16)20/h1-12,25-26H;2*1-12,26H,(H,27,28)/p-3. The number of carbonyl (C=O) groups excluding carboxylic acids is 2. The predicted molar refractivity (Wildman–Crippen MR) is 322 cm³/mol. The topological polar surface area (TPSA) is 260 Å². The quantitative estimate of drug-likeness (QED) is 0.0841. The molecule has 3 N–H and O–H groups in total. The summed E-state index contributed by atoms with van der Waals surface area (Å²) in [5, 5.41) is 72.3. The Hall–Kier alpha value is -12.2. The van der Waals surface area contributed by atoms with E-state index < -0.39 is 23.5 Å². The number of fused-ring (bicyclic) bond motifs is 16. The van der Waals surface area contributed by atoms with E-state index in [0.717, 1.165) is 16.3 Å². The van der Waals surface area contributed by atoms with Crippen LogP contribution in [0, 0.1) is 0 Å². The SMILES string of the molecule is O=C(O)c1ccccc1-c1c2ccc([O-])cc2oc2c1ccc1cc(=O)ccc12.O=C([O-])c1ccccc1-c1c2ccc([O-])cc2oc2c1ccc1cc(=O)ccc12.O=C1OC2(c3ccc(O)cc3Oc3c2ccc2cc(O)ccc32)c2ccccc21. The van der Waals surface area contributed by atoms with Crippen LogP contribution in [-0.2, 0) is 10.3 Å². The van der Waals surface area contributed by atoms with E-state index in [4.69, 9.17) is 18.3 Å². The number of phenolic OH excluding ortho intramolecular Hbond substituents is 2. The second-order valence-corrected chi connectivity index (χ2v) is 20.9. The van der Waals surface area contributed by atoms with Gasteiger partial charge in [-0.2, -0.15) is 0 Å². The van der Waals surface area contributed by atoms with E-state index in [0.29, 0.717) is 116 Å². The molecule has 0 saturated carbocycles. The minimum atomic E-state index is -1.29. The molecule has 0 radical (unpaired) electrons. The molecule has 87 heavy (non-hydrogen) atoms. The van der Waals surface area contributed by atoms with Crippen molar-refractivity contribution >= 4 is 94.1 Å². The van der Waals surface area contributed by atoms with Gasteiger partial charge in [0.25, 0.3) is 0 Å². The van der Waals surface area contributed by atoms with Gasteiger partial charge in [-0.1, -0.05) is 103 Å². The molecule has 2 aromatic heterocycles. The van der Waals surface area contributed by atoms with Gasteiger partial charge in [-0.15, -0.1) is 11.5 Å². The normalized spacial score (nSPS) is 13.8. The average Bonchev–Trinajstić information content (AvgIpc) is 1.67. The number of esters is 1. The van der Waals surface area contributed by atoms with Gasteiger partial charge < -0.3 is 53.7 Å². The number of hydrogen-bond acceptors (Lipinski definition) is 14. The zero-order valence-corrected chi connectivity index (χ0v) is 45.0. The maximum absolute atomic E-state index is 12.8. The molecule has 16 rings (SSSR count). The van der Waals surface area contributed by atoms with Gasteiger partial charge in [-0.05, 0) is 136 Å². The number of rotatable bonds is 4. The van der Waals surface area contributed by atoms with Crippen molar-refractivity contribution < 1.29 is 63.3 Å². The molecule has 12 aromatic carbocycles. The van der Waals surface area contributed by atoms with Crippen molar-refractivity contribution in [1.82, 2.24) is 0 Å². The predicted octanol–water partition coefficient (Wildman–Crippen LogP) is 12.6. The first-order chi connectivity index (χ1) is 42.1. The highest BCUT2D eigenvalue weighted by Gasteiger charge is 2.53. The molecule has 0 aliphatic carbocycles. The first-order valence-corrected chi connectivity index (χ1v) is 27.1. The summed E-state index contributed by atoms with van der Waals surface area (Å²) in [6, 6.07) is 59.6. The number of ether oxygens (including phenoxy) is 2. The number of phenols is 2. The smallest absolute Gasteiger partial charge is 0.340 e. The van der Waals surface area contributed by atoms with Crippen LogP contribution in [0.5, 0.6) is 34.5 Å². The summed E-state index contributed by atoms with van der Waals surface area (Å²) >= 11 is 0. The number of carboxylic acids is 2. The van der Waals surface area contributed by atoms with Crippen LogP contribution in [0.1, 0.15) is 47.8 Å². The second-order valence-electron chi connectivity index (χ2n) is 20.9. The lowest BCUT2D eigenvalue weighted by Crippen LogP contribution is -2.33. The minimum absolute atomic E-state index is 0.0440. The molecular weight excluding hydrogens is 1100 g/mol. The highest BCUT2D eigenvalue weighted by molar-refractivity contribution is 6.19. The molecule has 2 aliphatic heterocycles. The van der Waals surface area contributed by atoms with Gasteiger partial charge in [0.1, 0.15) is 45.3 Å². The Morgan fingerprint density at radius 3 is 1.49 bits per heavy atom. The van der Waals surface area contributed by atoms with Crippen LogP contribution >= 0.6 is 0 Å². The Labute approximate surface area is 489 Å². The number of carboxylic acid groups (broad SMARTS) is 2. The Morgan fingerprint density at radius 2 is 0.897 bits per heavy atom. The highest BCUT2D eigenvalue weighted by atomic mass is 16.6. The zero-order valence-electron chi connectivity index (χ0n) is 45.0. The van der Waals surface area contributed by atoms with E-state index in [2.05, 4.69) is 0 Å². The summed E-state index contributed by atoms with van der Waals surface area (Å²) in [5.41, 5.74) is 5.36. The van der Waals surface area contributed by atoms with Gasteiger partial charge in [0.05, 0.1) is 17.1 Å². The Balaban J connectivity index is 0.000000115.